The first kappa shape index (κ1) is 18.3. The van der Waals surface area contributed by atoms with Crippen LogP contribution in [0.4, 0.5) is 8.78 Å². The molecule has 0 bridgehead atoms. The average Bonchev–Trinajstić information content (AvgIpc) is 2.61. The Hall–Kier alpha value is -1.53. The van der Waals surface area contributed by atoms with E-state index in [1.165, 1.54) is 12.1 Å². The standard InChI is InChI=1S/C19H25F2NO3/c1-2-25-17-12-16(23)19(17)7-9-22(10-8-19)18(24)6-4-13-3-5-14(20)11-15(13)21/h3,5,11,16-17,23H,2,4,6-10,12H2,1H3. The van der Waals surface area contributed by atoms with E-state index in [2.05, 4.69) is 0 Å². The Morgan fingerprint density at radius 1 is 1.36 bits per heavy atom. The van der Waals surface area contributed by atoms with Gasteiger partial charge in [0, 0.05) is 44.0 Å². The fourth-order valence-electron chi connectivity index (χ4n) is 4.11. The van der Waals surface area contributed by atoms with Gasteiger partial charge in [0.15, 0.2) is 0 Å². The quantitative estimate of drug-likeness (QED) is 0.885. The number of aryl methyl sites for hydroxylation is 1. The minimum Gasteiger partial charge on any atom is -0.392 e. The first-order chi connectivity index (χ1) is 12.0. The van der Waals surface area contributed by atoms with E-state index in [0.717, 1.165) is 18.9 Å². The summed E-state index contributed by atoms with van der Waals surface area (Å²) in [6.45, 7) is 3.76. The van der Waals surface area contributed by atoms with Gasteiger partial charge in [0.05, 0.1) is 12.2 Å². The van der Waals surface area contributed by atoms with Crippen molar-refractivity contribution in [2.24, 2.45) is 5.41 Å². The molecule has 1 aromatic rings. The van der Waals surface area contributed by atoms with Gasteiger partial charge in [0.1, 0.15) is 11.6 Å². The topological polar surface area (TPSA) is 49.8 Å². The molecule has 1 saturated heterocycles. The van der Waals surface area contributed by atoms with Crippen LogP contribution in [0.2, 0.25) is 0 Å². The largest absolute Gasteiger partial charge is 0.392 e. The van der Waals surface area contributed by atoms with Gasteiger partial charge in [-0.1, -0.05) is 6.07 Å². The maximum Gasteiger partial charge on any atom is 0.222 e. The first-order valence-electron chi connectivity index (χ1n) is 8.97. The fraction of sp³-hybridized carbons (Fsp3) is 0.632. The lowest BCUT2D eigenvalue weighted by Gasteiger charge is -2.56. The first-order valence-corrected chi connectivity index (χ1v) is 8.97. The molecular formula is C19H25F2NO3. The number of hydrogen-bond donors (Lipinski definition) is 1. The van der Waals surface area contributed by atoms with Crippen molar-refractivity contribution in [3.63, 3.8) is 0 Å². The number of aliphatic hydroxyl groups is 1. The molecule has 2 unspecified atom stereocenters. The second kappa shape index (κ2) is 7.38. The predicted molar refractivity (Wildman–Crippen MR) is 89.0 cm³/mol. The van der Waals surface area contributed by atoms with E-state index in [1.54, 1.807) is 4.90 Å². The zero-order chi connectivity index (χ0) is 18.0. The Kier molecular flexibility index (Phi) is 5.39. The maximum atomic E-state index is 13.7. The van der Waals surface area contributed by atoms with Crippen molar-refractivity contribution >= 4 is 5.91 Å². The summed E-state index contributed by atoms with van der Waals surface area (Å²) in [4.78, 5) is 14.2. The minimum atomic E-state index is -0.614. The number of likely N-dealkylation sites (tertiary alicyclic amines) is 1. The van der Waals surface area contributed by atoms with Crippen LogP contribution >= 0.6 is 0 Å². The molecule has 1 saturated carbocycles. The molecule has 3 rings (SSSR count). The summed E-state index contributed by atoms with van der Waals surface area (Å²) >= 11 is 0. The number of halogens is 2. The molecule has 1 aliphatic heterocycles. The number of benzene rings is 1. The SMILES string of the molecule is CCOC1CC(O)C12CCN(C(=O)CCc1ccc(F)cc1F)CC2. The second-order valence-electron chi connectivity index (χ2n) is 7.05. The summed E-state index contributed by atoms with van der Waals surface area (Å²) in [5, 5.41) is 10.2. The van der Waals surface area contributed by atoms with Crippen molar-refractivity contribution < 1.29 is 23.4 Å². The molecule has 0 aromatic heterocycles. The van der Waals surface area contributed by atoms with Crippen LogP contribution in [-0.2, 0) is 16.0 Å². The molecule has 1 aromatic carbocycles. The molecule has 6 heteroatoms. The zero-order valence-electron chi connectivity index (χ0n) is 14.5. The lowest BCUT2D eigenvalue weighted by Crippen LogP contribution is -2.62. The zero-order valence-corrected chi connectivity index (χ0v) is 14.5. The molecule has 1 N–H and O–H groups in total. The van der Waals surface area contributed by atoms with Crippen LogP contribution in [0.25, 0.3) is 0 Å². The molecule has 2 aliphatic rings. The van der Waals surface area contributed by atoms with Crippen LogP contribution < -0.4 is 0 Å². The van der Waals surface area contributed by atoms with Gasteiger partial charge < -0.3 is 14.7 Å². The summed E-state index contributed by atoms with van der Waals surface area (Å²) in [5.74, 6) is -1.25. The van der Waals surface area contributed by atoms with E-state index in [9.17, 15) is 18.7 Å². The van der Waals surface area contributed by atoms with Crippen molar-refractivity contribution in [3.05, 3.63) is 35.4 Å². The molecule has 0 radical (unpaired) electrons. The van der Waals surface area contributed by atoms with Crippen LogP contribution in [0.15, 0.2) is 18.2 Å². The fourth-order valence-corrected chi connectivity index (χ4v) is 4.11. The Balaban J connectivity index is 1.52. The molecule has 2 fully saturated rings. The molecule has 1 spiro atoms. The van der Waals surface area contributed by atoms with E-state index in [0.29, 0.717) is 31.7 Å². The van der Waals surface area contributed by atoms with Crippen LogP contribution in [0.5, 0.6) is 0 Å². The molecule has 1 amide bonds. The Morgan fingerprint density at radius 3 is 2.68 bits per heavy atom. The van der Waals surface area contributed by atoms with Crippen LogP contribution in [0.3, 0.4) is 0 Å². The van der Waals surface area contributed by atoms with E-state index in [4.69, 9.17) is 4.74 Å². The molecule has 25 heavy (non-hydrogen) atoms. The Morgan fingerprint density at radius 2 is 2.08 bits per heavy atom. The van der Waals surface area contributed by atoms with Crippen molar-refractivity contribution in [3.8, 4) is 0 Å². The third-order valence-electron chi connectivity index (χ3n) is 5.78. The van der Waals surface area contributed by atoms with Gasteiger partial charge in [-0.3, -0.25) is 4.79 Å². The van der Waals surface area contributed by atoms with E-state index in [-0.39, 0.29) is 36.4 Å². The number of aliphatic hydroxyl groups excluding tert-OH is 1. The molecule has 1 aliphatic carbocycles. The van der Waals surface area contributed by atoms with Gasteiger partial charge >= 0.3 is 0 Å². The van der Waals surface area contributed by atoms with Gasteiger partial charge in [0.25, 0.3) is 0 Å². The van der Waals surface area contributed by atoms with E-state index in [1.807, 2.05) is 6.92 Å². The molecule has 4 nitrogen and oxygen atoms in total. The second-order valence-corrected chi connectivity index (χ2v) is 7.05. The monoisotopic (exact) mass is 353 g/mol. The van der Waals surface area contributed by atoms with Crippen molar-refractivity contribution in [1.82, 2.24) is 4.90 Å². The third-order valence-corrected chi connectivity index (χ3v) is 5.78. The highest BCUT2D eigenvalue weighted by atomic mass is 19.1. The number of piperidine rings is 1. The van der Waals surface area contributed by atoms with Crippen molar-refractivity contribution in [2.45, 2.75) is 51.2 Å². The van der Waals surface area contributed by atoms with Crippen molar-refractivity contribution in [2.75, 3.05) is 19.7 Å². The molecule has 138 valence electrons. The summed E-state index contributed by atoms with van der Waals surface area (Å²) in [7, 11) is 0. The van der Waals surface area contributed by atoms with Gasteiger partial charge in [-0.2, -0.15) is 0 Å². The number of carbonyl (C=O) groups excluding carboxylic acids is 1. The van der Waals surface area contributed by atoms with E-state index >= 15 is 0 Å². The Bertz CT molecular complexity index is 627. The summed E-state index contributed by atoms with van der Waals surface area (Å²) in [5.41, 5.74) is 0.143. The predicted octanol–water partition coefficient (Wildman–Crippen LogP) is 2.68. The lowest BCUT2D eigenvalue weighted by atomic mass is 9.58. The molecule has 1 heterocycles. The van der Waals surface area contributed by atoms with Gasteiger partial charge in [-0.05, 0) is 37.8 Å². The smallest absolute Gasteiger partial charge is 0.222 e. The van der Waals surface area contributed by atoms with Crippen LogP contribution in [0.1, 0.15) is 38.2 Å². The normalized spacial score (nSPS) is 25.0. The third kappa shape index (κ3) is 3.55. The van der Waals surface area contributed by atoms with E-state index < -0.39 is 11.6 Å². The lowest BCUT2D eigenvalue weighted by molar-refractivity contribution is -0.210. The van der Waals surface area contributed by atoms with Crippen molar-refractivity contribution in [1.29, 1.82) is 0 Å². The number of nitrogens with zero attached hydrogens (tertiary/aromatic N) is 1. The number of carbonyl (C=O) groups is 1. The number of rotatable bonds is 5. The summed E-state index contributed by atoms with van der Waals surface area (Å²) in [6.07, 6.45) is 2.33. The van der Waals surface area contributed by atoms with Gasteiger partial charge in [-0.25, -0.2) is 8.78 Å². The number of hydrogen-bond acceptors (Lipinski definition) is 3. The number of amides is 1. The maximum absolute atomic E-state index is 13.7. The summed E-state index contributed by atoms with van der Waals surface area (Å²) < 4.78 is 32.3. The minimum absolute atomic E-state index is 0.0275. The van der Waals surface area contributed by atoms with Crippen LogP contribution in [-0.4, -0.2) is 47.8 Å². The van der Waals surface area contributed by atoms with Crippen LogP contribution in [0, 0.1) is 17.0 Å². The van der Waals surface area contributed by atoms with Gasteiger partial charge in [0.2, 0.25) is 5.91 Å². The highest BCUT2D eigenvalue weighted by molar-refractivity contribution is 5.76. The highest BCUT2D eigenvalue weighted by Crippen LogP contribution is 2.50. The molecule has 2 atom stereocenters. The van der Waals surface area contributed by atoms with Gasteiger partial charge in [-0.15, -0.1) is 0 Å². The number of ether oxygens (including phenoxy) is 1. The highest BCUT2D eigenvalue weighted by Gasteiger charge is 2.56. The Labute approximate surface area is 146 Å². The molecular weight excluding hydrogens is 328 g/mol. The summed E-state index contributed by atoms with van der Waals surface area (Å²) in [6, 6.07) is 3.44. The average molecular weight is 353 g/mol.